The predicted octanol–water partition coefficient (Wildman–Crippen LogP) is 1.35. The molecule has 0 spiro atoms. The Balaban J connectivity index is 2.13. The number of imidazole rings is 1. The van der Waals surface area contributed by atoms with Crippen molar-refractivity contribution in [3.05, 3.63) is 30.6 Å². The largest absolute Gasteiger partial charge is 0.384 e. The van der Waals surface area contributed by atoms with E-state index in [0.717, 1.165) is 12.2 Å². The molecule has 6 nitrogen and oxygen atoms in total. The van der Waals surface area contributed by atoms with Gasteiger partial charge < -0.3 is 16.0 Å². The summed E-state index contributed by atoms with van der Waals surface area (Å²) in [5.41, 5.74) is 5.58. The molecule has 84 valence electrons. The molecule has 2 aromatic heterocycles. The molecule has 0 aliphatic heterocycles. The molecule has 0 saturated carbocycles. The molecule has 0 amide bonds. The fourth-order valence-electron chi connectivity index (χ4n) is 1.46. The molecular formula is C10H14N6. The average molecular weight is 218 g/mol. The summed E-state index contributed by atoms with van der Waals surface area (Å²) in [6.07, 6.45) is 5.87. The Labute approximate surface area is 93.3 Å². The Kier molecular flexibility index (Phi) is 3.00. The van der Waals surface area contributed by atoms with Crippen molar-refractivity contribution in [2.24, 2.45) is 0 Å². The first kappa shape index (κ1) is 10.4. The van der Waals surface area contributed by atoms with E-state index in [9.17, 15) is 0 Å². The van der Waals surface area contributed by atoms with E-state index < -0.39 is 0 Å². The Morgan fingerprint density at radius 2 is 2.31 bits per heavy atom. The molecule has 0 aliphatic carbocycles. The monoisotopic (exact) mass is 218 g/mol. The average Bonchev–Trinajstić information content (AvgIpc) is 2.79. The number of H-pyrrole nitrogens is 1. The maximum absolute atomic E-state index is 5.58. The highest BCUT2D eigenvalue weighted by molar-refractivity contribution is 5.44. The number of nitrogen functional groups attached to an aromatic ring is 1. The summed E-state index contributed by atoms with van der Waals surface area (Å²) in [7, 11) is 0. The van der Waals surface area contributed by atoms with Crippen LogP contribution in [0.5, 0.6) is 0 Å². The van der Waals surface area contributed by atoms with Crippen molar-refractivity contribution in [3.8, 4) is 0 Å². The minimum atomic E-state index is 0.101. The predicted molar refractivity (Wildman–Crippen MR) is 61.7 cm³/mol. The van der Waals surface area contributed by atoms with Gasteiger partial charge in [-0.05, 0) is 6.42 Å². The summed E-state index contributed by atoms with van der Waals surface area (Å²) in [6, 6.07) is 1.80. The van der Waals surface area contributed by atoms with E-state index in [0.29, 0.717) is 11.6 Å². The number of aromatic amines is 1. The maximum atomic E-state index is 5.58. The van der Waals surface area contributed by atoms with E-state index in [2.05, 4.69) is 32.2 Å². The van der Waals surface area contributed by atoms with Crippen LogP contribution in [0.1, 0.15) is 25.2 Å². The molecular weight excluding hydrogens is 204 g/mol. The minimum absolute atomic E-state index is 0.101. The van der Waals surface area contributed by atoms with Gasteiger partial charge in [-0.15, -0.1) is 0 Å². The van der Waals surface area contributed by atoms with Crippen molar-refractivity contribution >= 4 is 11.6 Å². The number of rotatable bonds is 4. The molecule has 6 heteroatoms. The van der Waals surface area contributed by atoms with Gasteiger partial charge in [0.05, 0.1) is 6.04 Å². The molecule has 0 radical (unpaired) electrons. The van der Waals surface area contributed by atoms with Crippen LogP contribution in [0.4, 0.5) is 11.6 Å². The van der Waals surface area contributed by atoms with E-state index in [1.54, 1.807) is 18.5 Å². The van der Waals surface area contributed by atoms with Crippen LogP contribution in [0.3, 0.4) is 0 Å². The summed E-state index contributed by atoms with van der Waals surface area (Å²) < 4.78 is 0. The number of aromatic nitrogens is 4. The highest BCUT2D eigenvalue weighted by Crippen LogP contribution is 2.18. The van der Waals surface area contributed by atoms with Gasteiger partial charge in [-0.1, -0.05) is 6.92 Å². The molecule has 2 aromatic rings. The van der Waals surface area contributed by atoms with Gasteiger partial charge in [-0.25, -0.2) is 15.0 Å². The molecule has 16 heavy (non-hydrogen) atoms. The van der Waals surface area contributed by atoms with Crippen LogP contribution in [0.25, 0.3) is 0 Å². The molecule has 2 rings (SSSR count). The molecule has 0 bridgehead atoms. The number of nitrogens with two attached hydrogens (primary N) is 1. The fraction of sp³-hybridized carbons (Fsp3) is 0.300. The van der Waals surface area contributed by atoms with E-state index in [4.69, 9.17) is 5.73 Å². The van der Waals surface area contributed by atoms with Gasteiger partial charge in [0.1, 0.15) is 23.8 Å². The Morgan fingerprint density at radius 3 is 2.94 bits per heavy atom. The van der Waals surface area contributed by atoms with Gasteiger partial charge >= 0.3 is 0 Å². The molecule has 0 aromatic carbocycles. The van der Waals surface area contributed by atoms with Crippen LogP contribution in [0.15, 0.2) is 24.8 Å². The lowest BCUT2D eigenvalue weighted by molar-refractivity contribution is 0.700. The molecule has 0 aliphatic rings. The van der Waals surface area contributed by atoms with Crippen LogP contribution >= 0.6 is 0 Å². The number of hydrogen-bond acceptors (Lipinski definition) is 5. The summed E-state index contributed by atoms with van der Waals surface area (Å²) in [4.78, 5) is 15.2. The molecule has 1 atom stereocenters. The van der Waals surface area contributed by atoms with Gasteiger partial charge in [0.2, 0.25) is 0 Å². The molecule has 1 unspecified atom stereocenters. The highest BCUT2D eigenvalue weighted by atomic mass is 15.1. The first-order valence-corrected chi connectivity index (χ1v) is 5.13. The normalized spacial score (nSPS) is 12.3. The lowest BCUT2D eigenvalue weighted by Gasteiger charge is -2.14. The Hall–Kier alpha value is -2.11. The van der Waals surface area contributed by atoms with Crippen molar-refractivity contribution in [3.63, 3.8) is 0 Å². The summed E-state index contributed by atoms with van der Waals surface area (Å²) in [5, 5.41) is 3.25. The standard InChI is InChI=1S/C10H14N6/c1-2-7(10-12-3-4-13-10)16-9-5-8(11)14-6-15-9/h3-7H,2H2,1H3,(H,12,13)(H3,11,14,15,16). The third kappa shape index (κ3) is 2.28. The Bertz CT molecular complexity index is 438. The third-order valence-corrected chi connectivity index (χ3v) is 2.27. The van der Waals surface area contributed by atoms with Crippen molar-refractivity contribution in [2.75, 3.05) is 11.1 Å². The van der Waals surface area contributed by atoms with Crippen LogP contribution in [-0.2, 0) is 0 Å². The fourth-order valence-corrected chi connectivity index (χ4v) is 1.46. The van der Waals surface area contributed by atoms with E-state index >= 15 is 0 Å². The van der Waals surface area contributed by atoms with Crippen LogP contribution in [-0.4, -0.2) is 19.9 Å². The van der Waals surface area contributed by atoms with Gasteiger partial charge in [0.15, 0.2) is 0 Å². The maximum Gasteiger partial charge on any atom is 0.132 e. The Morgan fingerprint density at radius 1 is 1.44 bits per heavy atom. The summed E-state index contributed by atoms with van der Waals surface area (Å²) in [6.45, 7) is 2.07. The number of nitrogens with zero attached hydrogens (tertiary/aromatic N) is 3. The topological polar surface area (TPSA) is 92.5 Å². The van der Waals surface area contributed by atoms with Crippen LogP contribution in [0.2, 0.25) is 0 Å². The zero-order valence-electron chi connectivity index (χ0n) is 9.01. The second kappa shape index (κ2) is 4.61. The van der Waals surface area contributed by atoms with E-state index in [1.807, 2.05) is 0 Å². The summed E-state index contributed by atoms with van der Waals surface area (Å²) >= 11 is 0. The highest BCUT2D eigenvalue weighted by Gasteiger charge is 2.11. The molecule has 4 N–H and O–H groups in total. The zero-order valence-corrected chi connectivity index (χ0v) is 9.01. The van der Waals surface area contributed by atoms with E-state index in [1.165, 1.54) is 6.33 Å². The first-order valence-electron chi connectivity index (χ1n) is 5.13. The molecule has 2 heterocycles. The van der Waals surface area contributed by atoms with Crippen molar-refractivity contribution < 1.29 is 0 Å². The number of anilines is 2. The lowest BCUT2D eigenvalue weighted by Crippen LogP contribution is -2.12. The van der Waals surface area contributed by atoms with Gasteiger partial charge in [-0.2, -0.15) is 0 Å². The van der Waals surface area contributed by atoms with Crippen molar-refractivity contribution in [1.29, 1.82) is 0 Å². The van der Waals surface area contributed by atoms with Gasteiger partial charge in [0, 0.05) is 18.5 Å². The minimum Gasteiger partial charge on any atom is -0.384 e. The quantitative estimate of drug-likeness (QED) is 0.720. The smallest absolute Gasteiger partial charge is 0.132 e. The lowest BCUT2D eigenvalue weighted by atomic mass is 10.2. The van der Waals surface area contributed by atoms with Crippen molar-refractivity contribution in [2.45, 2.75) is 19.4 Å². The molecule has 0 fully saturated rings. The van der Waals surface area contributed by atoms with Crippen LogP contribution in [0, 0.1) is 0 Å². The van der Waals surface area contributed by atoms with E-state index in [-0.39, 0.29) is 6.04 Å². The third-order valence-electron chi connectivity index (χ3n) is 2.27. The summed E-state index contributed by atoms with van der Waals surface area (Å²) in [5.74, 6) is 2.04. The second-order valence-corrected chi connectivity index (χ2v) is 3.41. The van der Waals surface area contributed by atoms with Gasteiger partial charge in [0.25, 0.3) is 0 Å². The number of hydrogen-bond donors (Lipinski definition) is 3. The second-order valence-electron chi connectivity index (χ2n) is 3.41. The molecule has 0 saturated heterocycles. The zero-order chi connectivity index (χ0) is 11.4. The van der Waals surface area contributed by atoms with Gasteiger partial charge in [-0.3, -0.25) is 0 Å². The number of nitrogens with one attached hydrogen (secondary N) is 2. The van der Waals surface area contributed by atoms with Crippen molar-refractivity contribution in [1.82, 2.24) is 19.9 Å². The first-order chi connectivity index (χ1) is 7.79. The SMILES string of the molecule is CCC(Nc1cc(N)ncn1)c1ncc[nH]1. The van der Waals surface area contributed by atoms with Crippen LogP contribution < -0.4 is 11.1 Å².